The van der Waals surface area contributed by atoms with Crippen LogP contribution in [0.5, 0.6) is 0 Å². The molecule has 0 spiro atoms. The summed E-state index contributed by atoms with van der Waals surface area (Å²) in [4.78, 5) is 15.8. The number of nitrogens with one attached hydrogen (secondary N) is 1. The van der Waals surface area contributed by atoms with Crippen LogP contribution in [0.15, 0.2) is 12.3 Å². The molecule has 1 saturated heterocycles. The number of carbonyl (C=O) groups excluding carboxylic acids is 1. The first-order valence-electron chi connectivity index (χ1n) is 7.72. The van der Waals surface area contributed by atoms with Crippen molar-refractivity contribution in [3.63, 3.8) is 0 Å². The third-order valence-electron chi connectivity index (χ3n) is 4.69. The average molecular weight is 339 g/mol. The Bertz CT molecular complexity index is 760. The number of fused-ring (bicyclic) bond motifs is 1. The van der Waals surface area contributed by atoms with E-state index in [2.05, 4.69) is 10.3 Å². The highest BCUT2D eigenvalue weighted by Crippen LogP contribution is 2.35. The van der Waals surface area contributed by atoms with Crippen LogP contribution in [0.25, 0.3) is 11.0 Å². The first-order chi connectivity index (χ1) is 10.9. The highest BCUT2D eigenvalue weighted by Gasteiger charge is 2.31. The third kappa shape index (κ3) is 2.81. The van der Waals surface area contributed by atoms with Crippen LogP contribution < -0.4 is 11.1 Å². The maximum atomic E-state index is 14.3. The van der Waals surface area contributed by atoms with Gasteiger partial charge in [0.1, 0.15) is 17.5 Å². The number of nitrogens with zero attached hydrogens (tertiary/aromatic N) is 2. The third-order valence-corrected chi connectivity index (χ3v) is 4.99. The number of carbonyl (C=O) groups is 1. The van der Waals surface area contributed by atoms with Gasteiger partial charge in [-0.05, 0) is 38.4 Å². The Kier molecular flexibility index (Phi) is 4.29. The quantitative estimate of drug-likeness (QED) is 0.903. The number of alkyl halides is 1. The van der Waals surface area contributed by atoms with Gasteiger partial charge in [0.05, 0.1) is 5.02 Å². The van der Waals surface area contributed by atoms with E-state index in [9.17, 15) is 9.18 Å². The Balaban J connectivity index is 2.11. The molecule has 2 aromatic heterocycles. The number of nitrogens with two attached hydrogens (primary N) is 1. The molecule has 3 heterocycles. The maximum Gasteiger partial charge on any atom is 0.267 e. The van der Waals surface area contributed by atoms with Crippen molar-refractivity contribution in [2.24, 2.45) is 11.7 Å². The summed E-state index contributed by atoms with van der Waals surface area (Å²) in [6.07, 6.45) is 1.77. The van der Waals surface area contributed by atoms with E-state index in [1.54, 1.807) is 0 Å². The Morgan fingerprint density at radius 3 is 3.00 bits per heavy atom. The number of hydrogen-bond acceptors (Lipinski definition) is 3. The van der Waals surface area contributed by atoms with Crippen LogP contribution in [0.3, 0.4) is 0 Å². The second kappa shape index (κ2) is 6.09. The molecule has 0 saturated carbocycles. The van der Waals surface area contributed by atoms with E-state index in [4.69, 9.17) is 17.3 Å². The molecule has 7 heteroatoms. The number of rotatable bonds is 3. The zero-order valence-corrected chi connectivity index (χ0v) is 13.9. The van der Waals surface area contributed by atoms with E-state index in [0.717, 1.165) is 23.9 Å². The molecule has 1 aliphatic rings. The molecule has 124 valence electrons. The predicted octanol–water partition coefficient (Wildman–Crippen LogP) is 2.61. The minimum Gasteiger partial charge on any atom is -0.364 e. The van der Waals surface area contributed by atoms with Crippen molar-refractivity contribution >= 4 is 28.5 Å². The van der Waals surface area contributed by atoms with Gasteiger partial charge < -0.3 is 15.6 Å². The van der Waals surface area contributed by atoms with Gasteiger partial charge in [0, 0.05) is 30.1 Å². The molecule has 0 unspecified atom stereocenters. The smallest absolute Gasteiger partial charge is 0.267 e. The summed E-state index contributed by atoms with van der Waals surface area (Å²) in [5, 5.41) is 4.29. The Morgan fingerprint density at radius 1 is 1.61 bits per heavy atom. The molecule has 0 aromatic carbocycles. The zero-order chi connectivity index (χ0) is 16.7. The standard InChI is InChI=1S/C16H20ClFN4O/c1-8-7-22(9(2)10-3-4-20-6-12(10)18)16-14(8)11(17)5-13(21-16)15(19)23/h5,7,9-10,12,20H,3-4,6H2,1-2H3,(H2,19,23)/t9-,10+,12+/m0/s1. The summed E-state index contributed by atoms with van der Waals surface area (Å²) in [5.74, 6) is -0.735. The number of piperidine rings is 1. The van der Waals surface area contributed by atoms with Gasteiger partial charge in [-0.25, -0.2) is 9.37 Å². The van der Waals surface area contributed by atoms with Gasteiger partial charge in [-0.15, -0.1) is 0 Å². The number of aryl methyl sites for hydroxylation is 1. The number of aromatic nitrogens is 2. The molecule has 23 heavy (non-hydrogen) atoms. The minimum absolute atomic E-state index is 0.0880. The van der Waals surface area contributed by atoms with Crippen molar-refractivity contribution in [2.45, 2.75) is 32.5 Å². The van der Waals surface area contributed by atoms with Crippen LogP contribution in [0.2, 0.25) is 5.02 Å². The lowest BCUT2D eigenvalue weighted by molar-refractivity contribution is 0.0995. The fourth-order valence-electron chi connectivity index (χ4n) is 3.41. The predicted molar refractivity (Wildman–Crippen MR) is 88.6 cm³/mol. The SMILES string of the molecule is Cc1cn([C@@H](C)[C@H]2CCNC[C@H]2F)c2nc(C(N)=O)cc(Cl)c12. The van der Waals surface area contributed by atoms with Crippen LogP contribution in [0.1, 0.15) is 35.4 Å². The van der Waals surface area contributed by atoms with Gasteiger partial charge >= 0.3 is 0 Å². The Morgan fingerprint density at radius 2 is 2.35 bits per heavy atom. The van der Waals surface area contributed by atoms with Crippen LogP contribution >= 0.6 is 11.6 Å². The monoisotopic (exact) mass is 338 g/mol. The lowest BCUT2D eigenvalue weighted by atomic mass is 9.89. The Labute approximate surface area is 139 Å². The molecule has 1 amide bonds. The van der Waals surface area contributed by atoms with Crippen molar-refractivity contribution < 1.29 is 9.18 Å². The topological polar surface area (TPSA) is 72.9 Å². The molecule has 1 aliphatic heterocycles. The lowest BCUT2D eigenvalue weighted by Crippen LogP contribution is -2.41. The number of halogens is 2. The average Bonchev–Trinajstić information content (AvgIpc) is 2.84. The van der Waals surface area contributed by atoms with Gasteiger partial charge in [0.15, 0.2) is 0 Å². The van der Waals surface area contributed by atoms with E-state index in [0.29, 0.717) is 17.2 Å². The summed E-state index contributed by atoms with van der Waals surface area (Å²) in [5.41, 5.74) is 6.99. The molecule has 3 N–H and O–H groups in total. The number of pyridine rings is 1. The molecule has 1 fully saturated rings. The van der Waals surface area contributed by atoms with Crippen LogP contribution in [-0.2, 0) is 0 Å². The first kappa shape index (κ1) is 16.2. The molecule has 0 radical (unpaired) electrons. The number of primary amides is 1. The van der Waals surface area contributed by atoms with Gasteiger partial charge in [-0.2, -0.15) is 0 Å². The normalized spacial score (nSPS) is 23.1. The van der Waals surface area contributed by atoms with Gasteiger partial charge in [0.2, 0.25) is 0 Å². The van der Waals surface area contributed by atoms with Crippen LogP contribution in [0.4, 0.5) is 4.39 Å². The van der Waals surface area contributed by atoms with Crippen molar-refractivity contribution in [1.29, 1.82) is 0 Å². The maximum absolute atomic E-state index is 14.3. The fourth-order valence-corrected chi connectivity index (χ4v) is 3.75. The van der Waals surface area contributed by atoms with E-state index in [-0.39, 0.29) is 17.7 Å². The van der Waals surface area contributed by atoms with E-state index in [1.807, 2.05) is 24.6 Å². The molecular weight excluding hydrogens is 319 g/mol. The fraction of sp³-hybridized carbons (Fsp3) is 0.500. The summed E-state index contributed by atoms with van der Waals surface area (Å²) >= 11 is 6.30. The molecule has 2 aromatic rings. The zero-order valence-electron chi connectivity index (χ0n) is 13.1. The largest absolute Gasteiger partial charge is 0.364 e. The van der Waals surface area contributed by atoms with E-state index < -0.39 is 12.1 Å². The summed E-state index contributed by atoms with van der Waals surface area (Å²) in [6.45, 7) is 5.08. The van der Waals surface area contributed by atoms with Crippen molar-refractivity contribution in [3.8, 4) is 0 Å². The summed E-state index contributed by atoms with van der Waals surface area (Å²) in [7, 11) is 0. The highest BCUT2D eigenvalue weighted by atomic mass is 35.5. The molecule has 3 rings (SSSR count). The lowest BCUT2D eigenvalue weighted by Gasteiger charge is -2.32. The van der Waals surface area contributed by atoms with Crippen molar-refractivity contribution in [2.75, 3.05) is 13.1 Å². The van der Waals surface area contributed by atoms with Crippen LogP contribution in [-0.4, -0.2) is 34.7 Å². The molecule has 0 aliphatic carbocycles. The van der Waals surface area contributed by atoms with E-state index >= 15 is 0 Å². The van der Waals surface area contributed by atoms with Crippen molar-refractivity contribution in [3.05, 3.63) is 28.5 Å². The van der Waals surface area contributed by atoms with Gasteiger partial charge in [0.25, 0.3) is 5.91 Å². The summed E-state index contributed by atoms with van der Waals surface area (Å²) < 4.78 is 16.2. The first-order valence-corrected chi connectivity index (χ1v) is 8.10. The van der Waals surface area contributed by atoms with Crippen LogP contribution in [0, 0.1) is 12.8 Å². The summed E-state index contributed by atoms with van der Waals surface area (Å²) in [6, 6.07) is 1.39. The number of amides is 1. The molecule has 0 bridgehead atoms. The Hall–Kier alpha value is -1.66. The second-order valence-corrected chi connectivity index (χ2v) is 6.59. The number of hydrogen-bond donors (Lipinski definition) is 2. The highest BCUT2D eigenvalue weighted by molar-refractivity contribution is 6.35. The minimum atomic E-state index is -0.911. The van der Waals surface area contributed by atoms with Crippen molar-refractivity contribution in [1.82, 2.24) is 14.9 Å². The van der Waals surface area contributed by atoms with E-state index in [1.165, 1.54) is 6.07 Å². The molecule has 5 nitrogen and oxygen atoms in total. The second-order valence-electron chi connectivity index (χ2n) is 6.18. The molecule has 3 atom stereocenters. The van der Waals surface area contributed by atoms with Gasteiger partial charge in [-0.3, -0.25) is 4.79 Å². The van der Waals surface area contributed by atoms with Gasteiger partial charge in [-0.1, -0.05) is 11.6 Å². The molecular formula is C16H20ClFN4O.